The summed E-state index contributed by atoms with van der Waals surface area (Å²) in [7, 11) is 0. The van der Waals surface area contributed by atoms with Gasteiger partial charge >= 0.3 is 258 Å². The Morgan fingerprint density at radius 3 is 0.326 bits per heavy atom. The van der Waals surface area contributed by atoms with Gasteiger partial charge in [0, 0.05) is 0 Å². The Balaban J connectivity index is -0.0000000484. The van der Waals surface area contributed by atoms with E-state index in [2.05, 4.69) is 414 Å². The summed E-state index contributed by atoms with van der Waals surface area (Å²) in [6.07, 6.45) is 64.7. The first-order valence-corrected chi connectivity index (χ1v) is 62.0. The molecule has 0 aliphatic heterocycles. The molecule has 0 heterocycles. The molecule has 0 fully saturated rings. The van der Waals surface area contributed by atoms with Crippen LogP contribution in [0, 0.1) is 77.0 Å². The third-order valence-corrected chi connectivity index (χ3v) is 17.2. The monoisotopic (exact) mass is 3060 g/mol. The molecule has 0 saturated carbocycles. The second-order valence-corrected chi connectivity index (χ2v) is 44.2. The van der Waals surface area contributed by atoms with Crippen LogP contribution in [0.3, 0.4) is 0 Å². The molecule has 0 aliphatic carbocycles. The summed E-state index contributed by atoms with van der Waals surface area (Å²) in [5, 5.41) is 51.4. The first kappa shape index (κ1) is 204. The van der Waals surface area contributed by atoms with Crippen molar-refractivity contribution in [3.8, 4) is 0 Å². The summed E-state index contributed by atoms with van der Waals surface area (Å²) in [6, 6.07) is 1.49. The summed E-state index contributed by atoms with van der Waals surface area (Å²) in [4.78, 5) is 0. The fourth-order valence-corrected chi connectivity index (χ4v) is 7.66. The smallest absolute Gasteiger partial charge is 0.0925 e. The van der Waals surface area contributed by atoms with Crippen LogP contribution in [0.1, 0.15) is 532 Å². The van der Waals surface area contributed by atoms with Crippen LogP contribution in [0.2, 0.25) is 0 Å². The predicted octanol–water partition coefficient (Wildman–Crippen LogP) is 46.7. The average molecular weight is 3060 g/mol. The Bertz CT molecular complexity index is 1910. The van der Waals surface area contributed by atoms with E-state index in [9.17, 15) is 0 Å². The van der Waals surface area contributed by atoms with Gasteiger partial charge in [-0.1, -0.05) is 289 Å². The summed E-state index contributed by atoms with van der Waals surface area (Å²) in [6.45, 7) is 135. The standard InChI is InChI=1S/2C12H24N2.2C10H20N2.2C8H16N2.6C4H9.6C3H7N.6C3H7.6W/c2*1-7-11(3,4)13-9-10-14-12(5,6)8-2;2*1-9(2,3)11-7-8-12-10(4,5)6;2*1-7(2)9-5-6-10-8(3)4;6*1-3-4-2;6*1-2-3-4;6*1-3-2;;;;;;/h2*9-10H,7-8H2,1-6H3;2*7-8H,1-6H3;2*5-8H,1-4H3;6*3H,4H2,1-2H3;6*2-3H2,1H3;6*3H,1-2H3;;;;;;/q6*-2;6*-1;;;;;;;6*-1;;;;;;. The minimum atomic E-state index is 0.00387. The van der Waals surface area contributed by atoms with Gasteiger partial charge in [-0.05, 0) is 0 Å². The molecular weight excluding hydrogens is 2800 g/mol. The molecular formula is C120H258N18W6-24. The molecule has 0 aliphatic rings. The number of rotatable bonds is 42. The molecule has 0 atom stereocenters. The van der Waals surface area contributed by atoms with Crippen LogP contribution in [0.4, 0.5) is 0 Å². The van der Waals surface area contributed by atoms with Crippen LogP contribution in [-0.4, -0.2) is 108 Å². The van der Waals surface area contributed by atoms with Crippen LogP contribution >= 0.6 is 0 Å². The summed E-state index contributed by atoms with van der Waals surface area (Å²) < 4.78 is 23.6. The molecule has 0 saturated heterocycles. The molecule has 144 heavy (non-hydrogen) atoms. The molecule has 24 heteroatoms. The molecule has 888 valence electrons. The molecule has 18 nitrogen and oxygen atoms in total. The molecule has 0 radical (unpaired) electrons. The van der Waals surface area contributed by atoms with Crippen molar-refractivity contribution >= 4 is 0 Å². The Labute approximate surface area is 984 Å². The van der Waals surface area contributed by atoms with Crippen LogP contribution in [0.15, 0.2) is 95.4 Å². The van der Waals surface area contributed by atoms with Crippen molar-refractivity contribution in [2.24, 2.45) is 21.0 Å². The first-order valence-electron chi connectivity index (χ1n) is 54.1. The van der Waals surface area contributed by atoms with E-state index in [4.69, 9.17) is 0 Å². The fourth-order valence-electron chi connectivity index (χ4n) is 3.72. The van der Waals surface area contributed by atoms with Gasteiger partial charge in [0.05, 0.1) is 0 Å². The SMILES string of the molecule is CC(C)(C)[N-]C=C[N-]C(C)(C)C.CC(C)(C)[N-]C=C[N-]C(C)(C)C.CC(C)[N-]C=C[N-]C(C)C.CC(C)[N-]C=C[N-]C(C)C.CCC(C)(C)[N-]C=C[N-]C(C)(C)CC.CCC(C)(C)[N-]C=C[N-]C(C)(C)CC.CCC[N]=[W].CCC[N]=[W].CCC[N]=[W].CCC[N]=[W].CCC[N]=[W].CCC[N]=[W].C[CH-]C.C[CH-]C.C[CH-]C.C[CH-]C.C[CH-]C.C[CH-]C.C[CH-]CC.C[CH-]CC.C[CH-]CC.C[CH-]CC.C[CH-]CC.C[CH-]CC. The quantitative estimate of drug-likeness (QED) is 0.0518. The molecule has 0 aromatic heterocycles. The van der Waals surface area contributed by atoms with E-state index in [1.54, 1.807) is 49.6 Å². The molecule has 0 bridgehead atoms. The van der Waals surface area contributed by atoms with E-state index in [1.807, 2.05) is 202 Å². The molecule has 0 spiro atoms. The van der Waals surface area contributed by atoms with Crippen molar-refractivity contribution < 1.29 is 118 Å². The van der Waals surface area contributed by atoms with Crippen LogP contribution < -0.4 is 0 Å². The topological polar surface area (TPSA) is 243 Å². The summed E-state index contributed by atoms with van der Waals surface area (Å²) in [5.74, 6) is 0. The number of hydrogen-bond donors (Lipinski definition) is 0. The number of hydrogen-bond acceptors (Lipinski definition) is 6. The van der Waals surface area contributed by atoms with Crippen molar-refractivity contribution in [3.63, 3.8) is 0 Å². The van der Waals surface area contributed by atoms with E-state index < -0.39 is 0 Å². The Morgan fingerprint density at radius 2 is 0.278 bits per heavy atom. The van der Waals surface area contributed by atoms with E-state index in [0.29, 0.717) is 24.2 Å². The van der Waals surface area contributed by atoms with E-state index >= 15 is 0 Å². The van der Waals surface area contributed by atoms with Gasteiger partial charge in [0.1, 0.15) is 0 Å². The molecule has 0 rings (SSSR count). The predicted molar refractivity (Wildman–Crippen MR) is 653 cm³/mol. The maximum atomic E-state index is 4.44. The van der Waals surface area contributed by atoms with E-state index in [1.165, 1.54) is 195 Å². The molecule has 0 N–H and O–H groups in total. The third kappa shape index (κ3) is 443. The van der Waals surface area contributed by atoms with Crippen LogP contribution in [0.5, 0.6) is 0 Å². The van der Waals surface area contributed by atoms with Crippen LogP contribution in [-0.2, 0) is 118 Å². The number of nitrogens with zero attached hydrogens (tertiary/aromatic N) is 18. The maximum Gasteiger partial charge on any atom is -0.0925 e. The van der Waals surface area contributed by atoms with Crippen molar-refractivity contribution in [1.82, 2.24) is 0 Å². The number of unbranched alkanes of at least 4 members (excludes halogenated alkanes) is 6. The third-order valence-electron chi connectivity index (χ3n) is 13.3. The van der Waals surface area contributed by atoms with Crippen LogP contribution in [0.25, 0.3) is 63.8 Å². The van der Waals surface area contributed by atoms with Gasteiger partial charge in [-0.15, -0.1) is 68.5 Å². The van der Waals surface area contributed by atoms with Crippen molar-refractivity contribution in [2.75, 3.05) is 39.3 Å². The largest absolute Gasteiger partial charge is 0.335 e. The minimum absolute atomic E-state index is 0.00387. The van der Waals surface area contributed by atoms with Crippen molar-refractivity contribution in [3.05, 3.63) is 215 Å². The zero-order chi connectivity index (χ0) is 120. The molecule has 0 aromatic rings. The van der Waals surface area contributed by atoms with Gasteiger partial charge in [-0.2, -0.15) is 163 Å². The second kappa shape index (κ2) is 187. The van der Waals surface area contributed by atoms with Gasteiger partial charge in [-0.3, -0.25) is 0 Å². The van der Waals surface area contributed by atoms with Crippen molar-refractivity contribution in [1.29, 1.82) is 0 Å². The second-order valence-electron chi connectivity index (χ2n) is 38.6. The zero-order valence-electron chi connectivity index (χ0n) is 108. The average Bonchev–Trinajstić information content (AvgIpc) is 0.932. The molecule has 0 aromatic carbocycles. The van der Waals surface area contributed by atoms with Gasteiger partial charge in [0.2, 0.25) is 0 Å². The zero-order valence-corrected chi connectivity index (χ0v) is 126. The van der Waals surface area contributed by atoms with Crippen molar-refractivity contribution in [2.45, 2.75) is 600 Å². The van der Waals surface area contributed by atoms with E-state index in [0.717, 1.165) is 65.0 Å². The van der Waals surface area contributed by atoms with E-state index in [-0.39, 0.29) is 44.3 Å². The van der Waals surface area contributed by atoms with Gasteiger partial charge in [-0.25, -0.2) is 74.4 Å². The van der Waals surface area contributed by atoms with Gasteiger partial charge in [0.15, 0.2) is 0 Å². The Kier molecular flexibility index (Phi) is 264. The maximum absolute atomic E-state index is 4.44. The Hall–Kier alpha value is -1.03. The molecule has 0 amide bonds. The summed E-state index contributed by atoms with van der Waals surface area (Å²) in [5.41, 5.74) is 0.192. The minimum Gasteiger partial charge on any atom is -0.335 e. The summed E-state index contributed by atoms with van der Waals surface area (Å²) >= 11 is 8.09. The Morgan fingerprint density at radius 1 is 0.188 bits per heavy atom. The first-order chi connectivity index (χ1) is 66.8. The molecule has 0 unspecified atom stereocenters. The fraction of sp³-hybridized carbons (Fsp3) is 0.800. The van der Waals surface area contributed by atoms with Gasteiger partial charge in [0.25, 0.3) is 0 Å². The van der Waals surface area contributed by atoms with Gasteiger partial charge < -0.3 is 141 Å². The normalized spacial score (nSPS) is 9.96.